The van der Waals surface area contributed by atoms with Gasteiger partial charge < -0.3 is 15.2 Å². The first kappa shape index (κ1) is 10.6. The first-order valence-electron chi connectivity index (χ1n) is 5.82. The van der Waals surface area contributed by atoms with Gasteiger partial charge in [0.2, 0.25) is 0 Å². The molecule has 1 aromatic rings. The van der Waals surface area contributed by atoms with Crippen molar-refractivity contribution >= 4 is 0 Å². The number of piperidine rings is 1. The van der Waals surface area contributed by atoms with E-state index < -0.39 is 0 Å². The van der Waals surface area contributed by atoms with Crippen LogP contribution >= 0.6 is 0 Å². The van der Waals surface area contributed by atoms with Gasteiger partial charge >= 0.3 is 0 Å². The van der Waals surface area contributed by atoms with Crippen LogP contribution in [0, 0.1) is 5.92 Å². The fourth-order valence-corrected chi connectivity index (χ4v) is 2.03. The van der Waals surface area contributed by atoms with Gasteiger partial charge in [0.25, 0.3) is 0 Å². The smallest absolute Gasteiger partial charge is 0.0946 e. The number of hydrogen-bond donors (Lipinski definition) is 2. The molecular weight excluding hydrogens is 188 g/mol. The second kappa shape index (κ2) is 5.88. The second-order valence-corrected chi connectivity index (χ2v) is 4.22. The minimum Gasteiger partial charge on any atom is -0.336 e. The number of nitrogens with zero attached hydrogens (tertiary/aromatic N) is 2. The molecule has 1 aliphatic heterocycles. The van der Waals surface area contributed by atoms with Crippen LogP contribution in [0.25, 0.3) is 0 Å². The maximum atomic E-state index is 4.02. The van der Waals surface area contributed by atoms with E-state index in [9.17, 15) is 0 Å². The lowest BCUT2D eigenvalue weighted by Gasteiger charge is -2.22. The van der Waals surface area contributed by atoms with Gasteiger partial charge in [-0.25, -0.2) is 4.98 Å². The number of aromatic nitrogens is 2. The Bertz CT molecular complexity index is 252. The number of hydrogen-bond acceptors (Lipinski definition) is 3. The molecule has 1 aromatic heterocycles. The fraction of sp³-hybridized carbons (Fsp3) is 0.727. The van der Waals surface area contributed by atoms with E-state index in [1.807, 2.05) is 18.7 Å². The molecule has 1 fully saturated rings. The van der Waals surface area contributed by atoms with Crippen molar-refractivity contribution in [2.75, 3.05) is 26.2 Å². The van der Waals surface area contributed by atoms with Crippen molar-refractivity contribution in [1.82, 2.24) is 20.2 Å². The molecule has 15 heavy (non-hydrogen) atoms. The molecule has 2 heterocycles. The van der Waals surface area contributed by atoms with E-state index in [-0.39, 0.29) is 0 Å². The van der Waals surface area contributed by atoms with Gasteiger partial charge in [-0.3, -0.25) is 0 Å². The largest absolute Gasteiger partial charge is 0.336 e. The van der Waals surface area contributed by atoms with Gasteiger partial charge in [-0.05, 0) is 38.4 Å². The van der Waals surface area contributed by atoms with Crippen LogP contribution in [-0.2, 0) is 6.54 Å². The summed E-state index contributed by atoms with van der Waals surface area (Å²) in [7, 11) is 0. The van der Waals surface area contributed by atoms with E-state index in [0.29, 0.717) is 0 Å². The molecule has 1 atom stereocenters. The zero-order valence-electron chi connectivity index (χ0n) is 9.15. The van der Waals surface area contributed by atoms with Crippen LogP contribution in [0.2, 0.25) is 0 Å². The highest BCUT2D eigenvalue weighted by Gasteiger charge is 2.11. The summed E-state index contributed by atoms with van der Waals surface area (Å²) in [6.45, 7) is 5.57. The zero-order valence-corrected chi connectivity index (χ0v) is 9.15. The Morgan fingerprint density at radius 2 is 2.53 bits per heavy atom. The molecule has 0 saturated carbocycles. The lowest BCUT2D eigenvalue weighted by atomic mass is 10.00. The van der Waals surface area contributed by atoms with Gasteiger partial charge in [0.15, 0.2) is 0 Å². The summed E-state index contributed by atoms with van der Waals surface area (Å²) >= 11 is 0. The monoisotopic (exact) mass is 208 g/mol. The highest BCUT2D eigenvalue weighted by atomic mass is 15.0. The van der Waals surface area contributed by atoms with E-state index in [0.717, 1.165) is 25.6 Å². The second-order valence-electron chi connectivity index (χ2n) is 4.22. The van der Waals surface area contributed by atoms with E-state index >= 15 is 0 Å². The maximum Gasteiger partial charge on any atom is 0.0946 e. The Balaban J connectivity index is 1.54. The lowest BCUT2D eigenvalue weighted by Crippen LogP contribution is -2.36. The van der Waals surface area contributed by atoms with Crippen molar-refractivity contribution < 1.29 is 0 Å². The fourth-order valence-electron chi connectivity index (χ4n) is 2.03. The van der Waals surface area contributed by atoms with Crippen molar-refractivity contribution in [3.05, 3.63) is 18.7 Å². The highest BCUT2D eigenvalue weighted by Crippen LogP contribution is 2.07. The van der Waals surface area contributed by atoms with E-state index in [2.05, 4.69) is 20.2 Å². The van der Waals surface area contributed by atoms with Crippen LogP contribution in [-0.4, -0.2) is 35.7 Å². The van der Waals surface area contributed by atoms with Crippen molar-refractivity contribution in [2.24, 2.45) is 5.92 Å². The SMILES string of the molecule is c1cn(CCNCC2CCCNC2)cn1. The van der Waals surface area contributed by atoms with Gasteiger partial charge in [-0.1, -0.05) is 0 Å². The molecule has 0 aromatic carbocycles. The molecule has 1 unspecified atom stereocenters. The molecule has 0 spiro atoms. The molecule has 1 aliphatic rings. The summed E-state index contributed by atoms with van der Waals surface area (Å²) < 4.78 is 2.10. The average Bonchev–Trinajstić information content (AvgIpc) is 2.79. The van der Waals surface area contributed by atoms with Crippen LogP contribution < -0.4 is 10.6 Å². The molecule has 0 bridgehead atoms. The number of imidazole rings is 1. The Hall–Kier alpha value is -0.870. The normalized spacial score (nSPS) is 21.7. The lowest BCUT2D eigenvalue weighted by molar-refractivity contribution is 0.358. The standard InChI is InChI=1S/C11H20N4/c1-2-11(8-12-3-1)9-13-4-6-15-7-5-14-10-15/h5,7,10-13H,1-4,6,8-9H2. The molecule has 1 saturated heterocycles. The number of nitrogens with one attached hydrogen (secondary N) is 2. The highest BCUT2D eigenvalue weighted by molar-refractivity contribution is 4.75. The molecule has 4 heteroatoms. The summed E-state index contributed by atoms with van der Waals surface area (Å²) in [6.07, 6.45) is 8.39. The molecule has 2 rings (SSSR count). The van der Waals surface area contributed by atoms with Gasteiger partial charge in [0.05, 0.1) is 6.33 Å². The van der Waals surface area contributed by atoms with E-state index in [1.165, 1.54) is 25.9 Å². The third-order valence-electron chi connectivity index (χ3n) is 2.94. The Kier molecular flexibility index (Phi) is 4.17. The Morgan fingerprint density at radius 1 is 1.53 bits per heavy atom. The van der Waals surface area contributed by atoms with E-state index in [4.69, 9.17) is 0 Å². The predicted octanol–water partition coefficient (Wildman–Crippen LogP) is 0.472. The minimum atomic E-state index is 0.821. The molecular formula is C11H20N4. The van der Waals surface area contributed by atoms with Gasteiger partial charge in [-0.15, -0.1) is 0 Å². The van der Waals surface area contributed by atoms with Gasteiger partial charge in [0.1, 0.15) is 0 Å². The van der Waals surface area contributed by atoms with Crippen LogP contribution in [0.1, 0.15) is 12.8 Å². The van der Waals surface area contributed by atoms with Crippen LogP contribution in [0.4, 0.5) is 0 Å². The van der Waals surface area contributed by atoms with Crippen molar-refractivity contribution in [2.45, 2.75) is 19.4 Å². The zero-order chi connectivity index (χ0) is 10.3. The van der Waals surface area contributed by atoms with E-state index in [1.54, 1.807) is 0 Å². The summed E-state index contributed by atoms with van der Waals surface area (Å²) in [4.78, 5) is 4.02. The Labute approximate surface area is 91.1 Å². The molecule has 84 valence electrons. The quantitative estimate of drug-likeness (QED) is 0.691. The summed E-state index contributed by atoms with van der Waals surface area (Å²) in [5.41, 5.74) is 0. The average molecular weight is 208 g/mol. The molecule has 0 amide bonds. The Morgan fingerprint density at radius 3 is 3.27 bits per heavy atom. The van der Waals surface area contributed by atoms with Gasteiger partial charge in [-0.2, -0.15) is 0 Å². The first-order chi connectivity index (χ1) is 7.45. The molecule has 0 radical (unpaired) electrons. The first-order valence-corrected chi connectivity index (χ1v) is 5.82. The van der Waals surface area contributed by atoms with Crippen molar-refractivity contribution in [3.8, 4) is 0 Å². The maximum absolute atomic E-state index is 4.02. The summed E-state index contributed by atoms with van der Waals surface area (Å²) in [5.74, 6) is 0.821. The summed E-state index contributed by atoms with van der Waals surface area (Å²) in [5, 5.41) is 6.94. The molecule has 0 aliphatic carbocycles. The van der Waals surface area contributed by atoms with Crippen molar-refractivity contribution in [1.29, 1.82) is 0 Å². The third-order valence-corrected chi connectivity index (χ3v) is 2.94. The number of rotatable bonds is 5. The predicted molar refractivity (Wildman–Crippen MR) is 60.7 cm³/mol. The molecule has 4 nitrogen and oxygen atoms in total. The topological polar surface area (TPSA) is 41.9 Å². The van der Waals surface area contributed by atoms with Crippen LogP contribution in [0.3, 0.4) is 0 Å². The van der Waals surface area contributed by atoms with Gasteiger partial charge in [0, 0.05) is 25.5 Å². The molecule has 2 N–H and O–H groups in total. The summed E-state index contributed by atoms with van der Waals surface area (Å²) in [6, 6.07) is 0. The van der Waals surface area contributed by atoms with Crippen LogP contribution in [0.5, 0.6) is 0 Å². The van der Waals surface area contributed by atoms with Crippen molar-refractivity contribution in [3.63, 3.8) is 0 Å². The minimum absolute atomic E-state index is 0.821. The third kappa shape index (κ3) is 3.64. The van der Waals surface area contributed by atoms with Crippen LogP contribution in [0.15, 0.2) is 18.7 Å².